The van der Waals surface area contributed by atoms with E-state index in [1.165, 1.54) is 0 Å². The molecule has 1 aliphatic carbocycles. The van der Waals surface area contributed by atoms with Gasteiger partial charge in [-0.3, -0.25) is 0 Å². The van der Waals surface area contributed by atoms with Crippen molar-refractivity contribution in [3.63, 3.8) is 0 Å². The quantitative estimate of drug-likeness (QED) is 0.469. The van der Waals surface area contributed by atoms with Crippen molar-refractivity contribution in [1.29, 1.82) is 0 Å². The molecule has 4 heteroatoms. The first-order valence-electron chi connectivity index (χ1n) is 4.80. The Morgan fingerprint density at radius 2 is 2.15 bits per heavy atom. The fourth-order valence-electron chi connectivity index (χ4n) is 1.59. The molecule has 0 spiro atoms. The van der Waals surface area contributed by atoms with Gasteiger partial charge in [-0.2, -0.15) is 0 Å². The van der Waals surface area contributed by atoms with Gasteiger partial charge in [-0.05, 0) is 26.2 Å². The molecule has 4 nitrogen and oxygen atoms in total. The molecule has 0 bridgehead atoms. The predicted molar refractivity (Wildman–Crippen MR) is 49.4 cm³/mol. The summed E-state index contributed by atoms with van der Waals surface area (Å²) in [5.74, 6) is 0. The van der Waals surface area contributed by atoms with Crippen molar-refractivity contribution < 1.29 is 15.3 Å². The molecule has 0 amide bonds. The zero-order valence-corrected chi connectivity index (χ0v) is 8.03. The Kier molecular flexibility index (Phi) is 3.67. The number of hydrogen-bond acceptors (Lipinski definition) is 4. The van der Waals surface area contributed by atoms with Gasteiger partial charge >= 0.3 is 0 Å². The lowest BCUT2D eigenvalue weighted by Gasteiger charge is -2.24. The highest BCUT2D eigenvalue weighted by Crippen LogP contribution is 2.19. The lowest BCUT2D eigenvalue weighted by Crippen LogP contribution is -2.47. The van der Waals surface area contributed by atoms with Crippen LogP contribution >= 0.6 is 0 Å². The smallest absolute Gasteiger partial charge is 0.0972 e. The van der Waals surface area contributed by atoms with Crippen molar-refractivity contribution in [1.82, 2.24) is 5.32 Å². The molecule has 1 aliphatic rings. The Bertz CT molecular complexity index is 161. The fourth-order valence-corrected chi connectivity index (χ4v) is 1.59. The largest absolute Gasteiger partial charge is 0.393 e. The summed E-state index contributed by atoms with van der Waals surface area (Å²) in [6.45, 7) is 1.63. The van der Waals surface area contributed by atoms with E-state index >= 15 is 0 Å². The van der Waals surface area contributed by atoms with Crippen molar-refractivity contribution in [2.75, 3.05) is 13.2 Å². The lowest BCUT2D eigenvalue weighted by molar-refractivity contribution is -0.00242. The molecule has 1 unspecified atom stereocenters. The van der Waals surface area contributed by atoms with Crippen LogP contribution in [0.25, 0.3) is 0 Å². The van der Waals surface area contributed by atoms with Crippen molar-refractivity contribution in [2.45, 2.75) is 43.9 Å². The van der Waals surface area contributed by atoms with Crippen molar-refractivity contribution in [2.24, 2.45) is 0 Å². The van der Waals surface area contributed by atoms with Gasteiger partial charge in [0.05, 0.1) is 18.3 Å². The first-order valence-corrected chi connectivity index (χ1v) is 4.80. The standard InChI is InChI=1S/C9H19NO3/c1-9(13,6-11)5-10-7-3-2-4-8(7)12/h7-8,10-13H,2-6H2,1H3/t7-,8-,9?/m0/s1. The minimum atomic E-state index is -1.08. The Hall–Kier alpha value is -0.160. The second-order valence-electron chi connectivity index (χ2n) is 4.14. The molecular formula is C9H19NO3. The molecule has 13 heavy (non-hydrogen) atoms. The van der Waals surface area contributed by atoms with E-state index in [1.807, 2.05) is 0 Å². The zero-order chi connectivity index (χ0) is 9.90. The minimum absolute atomic E-state index is 0.0815. The van der Waals surface area contributed by atoms with E-state index in [2.05, 4.69) is 5.32 Å². The average Bonchev–Trinajstić information content (AvgIpc) is 2.48. The second kappa shape index (κ2) is 4.37. The SMILES string of the molecule is CC(O)(CO)CN[C@H]1CCC[C@@H]1O. The Morgan fingerprint density at radius 3 is 2.62 bits per heavy atom. The summed E-state index contributed by atoms with van der Waals surface area (Å²) in [5, 5.41) is 30.8. The van der Waals surface area contributed by atoms with Crippen molar-refractivity contribution in [3.05, 3.63) is 0 Å². The van der Waals surface area contributed by atoms with E-state index < -0.39 is 5.60 Å². The number of rotatable bonds is 4. The van der Waals surface area contributed by atoms with E-state index in [0.717, 1.165) is 19.3 Å². The molecular weight excluding hydrogens is 170 g/mol. The highest BCUT2D eigenvalue weighted by atomic mass is 16.3. The first kappa shape index (κ1) is 10.9. The number of aliphatic hydroxyl groups is 3. The van der Waals surface area contributed by atoms with E-state index in [1.54, 1.807) is 6.92 Å². The summed E-state index contributed by atoms with van der Waals surface area (Å²) in [7, 11) is 0. The van der Waals surface area contributed by atoms with Crippen LogP contribution in [0.15, 0.2) is 0 Å². The number of hydrogen-bond donors (Lipinski definition) is 4. The molecule has 0 radical (unpaired) electrons. The van der Waals surface area contributed by atoms with Crippen LogP contribution in [0.3, 0.4) is 0 Å². The number of nitrogens with one attached hydrogen (secondary N) is 1. The van der Waals surface area contributed by atoms with Crippen molar-refractivity contribution >= 4 is 0 Å². The van der Waals surface area contributed by atoms with Crippen molar-refractivity contribution in [3.8, 4) is 0 Å². The van der Waals surface area contributed by atoms with Crippen LogP contribution in [-0.4, -0.2) is 46.2 Å². The summed E-state index contributed by atoms with van der Waals surface area (Å²) in [6.07, 6.45) is 2.51. The second-order valence-corrected chi connectivity index (χ2v) is 4.14. The Balaban J connectivity index is 2.25. The van der Waals surface area contributed by atoms with Crippen LogP contribution in [0.5, 0.6) is 0 Å². The maximum Gasteiger partial charge on any atom is 0.0972 e. The third kappa shape index (κ3) is 3.23. The summed E-state index contributed by atoms with van der Waals surface area (Å²) < 4.78 is 0. The molecule has 1 saturated carbocycles. The Morgan fingerprint density at radius 1 is 1.46 bits per heavy atom. The van der Waals surface area contributed by atoms with Crippen LogP contribution in [0.2, 0.25) is 0 Å². The summed E-state index contributed by atoms with van der Waals surface area (Å²) in [6, 6.07) is 0.0815. The third-order valence-electron chi connectivity index (χ3n) is 2.57. The van der Waals surface area contributed by atoms with E-state index in [9.17, 15) is 10.2 Å². The molecule has 0 aliphatic heterocycles. The topological polar surface area (TPSA) is 72.7 Å². The monoisotopic (exact) mass is 189 g/mol. The van der Waals surface area contributed by atoms with Crippen LogP contribution in [0.4, 0.5) is 0 Å². The molecule has 3 atom stereocenters. The molecule has 0 aromatic rings. The van der Waals surface area contributed by atoms with Crippen LogP contribution in [0.1, 0.15) is 26.2 Å². The van der Waals surface area contributed by atoms with E-state index in [-0.39, 0.29) is 18.8 Å². The van der Waals surface area contributed by atoms with Gasteiger partial charge in [-0.15, -0.1) is 0 Å². The van der Waals surface area contributed by atoms with Gasteiger partial charge < -0.3 is 20.6 Å². The zero-order valence-electron chi connectivity index (χ0n) is 8.03. The molecule has 0 saturated heterocycles. The van der Waals surface area contributed by atoms with Crippen LogP contribution < -0.4 is 5.32 Å². The highest BCUT2D eigenvalue weighted by molar-refractivity contribution is 4.85. The molecule has 0 aromatic carbocycles. The van der Waals surface area contributed by atoms with E-state index in [0.29, 0.717) is 6.54 Å². The number of aliphatic hydroxyl groups excluding tert-OH is 2. The van der Waals surface area contributed by atoms with E-state index in [4.69, 9.17) is 5.11 Å². The van der Waals surface area contributed by atoms with Crippen LogP contribution in [-0.2, 0) is 0 Å². The van der Waals surface area contributed by atoms with Gasteiger partial charge in [0.25, 0.3) is 0 Å². The maximum atomic E-state index is 9.48. The van der Waals surface area contributed by atoms with Gasteiger partial charge in [0.2, 0.25) is 0 Å². The third-order valence-corrected chi connectivity index (χ3v) is 2.57. The lowest BCUT2D eigenvalue weighted by atomic mass is 10.1. The molecule has 1 fully saturated rings. The molecule has 0 heterocycles. The first-order chi connectivity index (χ1) is 6.05. The van der Waals surface area contributed by atoms with Gasteiger partial charge in [0, 0.05) is 12.6 Å². The molecule has 0 aromatic heterocycles. The molecule has 78 valence electrons. The predicted octanol–water partition coefficient (Wildman–Crippen LogP) is -0.767. The average molecular weight is 189 g/mol. The molecule has 4 N–H and O–H groups in total. The molecule has 1 rings (SSSR count). The van der Waals surface area contributed by atoms with Gasteiger partial charge in [0.15, 0.2) is 0 Å². The normalized spacial score (nSPS) is 33.2. The Labute approximate surface area is 78.6 Å². The van der Waals surface area contributed by atoms with Gasteiger partial charge in [0.1, 0.15) is 0 Å². The van der Waals surface area contributed by atoms with Gasteiger partial charge in [-0.25, -0.2) is 0 Å². The highest BCUT2D eigenvalue weighted by Gasteiger charge is 2.27. The minimum Gasteiger partial charge on any atom is -0.393 e. The summed E-state index contributed by atoms with van der Waals surface area (Å²) in [4.78, 5) is 0. The maximum absolute atomic E-state index is 9.48. The summed E-state index contributed by atoms with van der Waals surface area (Å²) in [5.41, 5.74) is -1.08. The summed E-state index contributed by atoms with van der Waals surface area (Å²) >= 11 is 0. The van der Waals surface area contributed by atoms with Crippen LogP contribution in [0, 0.1) is 0 Å². The fraction of sp³-hybridized carbons (Fsp3) is 1.00. The van der Waals surface area contributed by atoms with Gasteiger partial charge in [-0.1, -0.05) is 0 Å².